The number of ether oxygens (including phenoxy) is 1. The summed E-state index contributed by atoms with van der Waals surface area (Å²) >= 11 is 0. The predicted octanol–water partition coefficient (Wildman–Crippen LogP) is 1.38. The second-order valence-electron chi connectivity index (χ2n) is 6.29. The molecule has 3 rings (SSSR count). The highest BCUT2D eigenvalue weighted by atomic mass is 19.1. The molecule has 2 atom stereocenters. The van der Waals surface area contributed by atoms with Crippen LogP contribution in [0, 0.1) is 11.6 Å². The molecular formula is C17H23F2N3O2. The first kappa shape index (κ1) is 17.1. The second-order valence-corrected chi connectivity index (χ2v) is 6.29. The molecule has 1 N–H and O–H groups in total. The molecule has 7 heteroatoms. The number of hydrogen-bond acceptors (Lipinski definition) is 4. The zero-order valence-corrected chi connectivity index (χ0v) is 13.8. The standard InChI is InChI=1S/C17H23F2N3O2/c1-2-21-7-8-24-16(11-21)17(23)20-13-5-6-22(10-13)15-4-3-12(18)9-14(15)19/h3-4,9,13,16H,2,5-8,10-11H2,1H3,(H,20,23)/t13-,16-/m0/s1. The predicted molar refractivity (Wildman–Crippen MR) is 87.0 cm³/mol. The van der Waals surface area contributed by atoms with Crippen molar-refractivity contribution in [2.24, 2.45) is 0 Å². The average molecular weight is 339 g/mol. The van der Waals surface area contributed by atoms with Gasteiger partial charge in [-0.1, -0.05) is 6.92 Å². The Morgan fingerprint density at radius 3 is 2.92 bits per heavy atom. The molecule has 1 aromatic rings. The van der Waals surface area contributed by atoms with Crippen molar-refractivity contribution < 1.29 is 18.3 Å². The molecule has 0 unspecified atom stereocenters. The molecule has 2 saturated heterocycles. The first-order valence-electron chi connectivity index (χ1n) is 8.41. The summed E-state index contributed by atoms with van der Waals surface area (Å²) in [7, 11) is 0. The molecule has 0 bridgehead atoms. The van der Waals surface area contributed by atoms with E-state index in [1.165, 1.54) is 12.1 Å². The summed E-state index contributed by atoms with van der Waals surface area (Å²) in [5.74, 6) is -1.27. The number of likely N-dealkylation sites (N-methyl/N-ethyl adjacent to an activating group) is 1. The summed E-state index contributed by atoms with van der Waals surface area (Å²) in [5.41, 5.74) is 0.374. The topological polar surface area (TPSA) is 44.8 Å². The van der Waals surface area contributed by atoms with Crippen LogP contribution in [-0.2, 0) is 9.53 Å². The largest absolute Gasteiger partial charge is 0.367 e. The number of morpholine rings is 1. The van der Waals surface area contributed by atoms with Crippen molar-refractivity contribution in [3.05, 3.63) is 29.8 Å². The van der Waals surface area contributed by atoms with E-state index in [-0.39, 0.29) is 11.9 Å². The maximum Gasteiger partial charge on any atom is 0.250 e. The van der Waals surface area contributed by atoms with Crippen molar-refractivity contribution in [1.82, 2.24) is 10.2 Å². The van der Waals surface area contributed by atoms with Crippen LogP contribution in [0.5, 0.6) is 0 Å². The highest BCUT2D eigenvalue weighted by Gasteiger charge is 2.30. The van der Waals surface area contributed by atoms with E-state index in [9.17, 15) is 13.6 Å². The lowest BCUT2D eigenvalue weighted by Crippen LogP contribution is -2.52. The maximum atomic E-state index is 13.9. The number of nitrogens with one attached hydrogen (secondary N) is 1. The van der Waals surface area contributed by atoms with E-state index < -0.39 is 17.7 Å². The Bertz CT molecular complexity index is 599. The number of anilines is 1. The fraction of sp³-hybridized carbons (Fsp3) is 0.588. The van der Waals surface area contributed by atoms with E-state index in [1.54, 1.807) is 0 Å². The van der Waals surface area contributed by atoms with Crippen LogP contribution >= 0.6 is 0 Å². The van der Waals surface area contributed by atoms with Crippen LogP contribution in [0.15, 0.2) is 18.2 Å². The molecule has 0 aromatic heterocycles. The molecular weight excluding hydrogens is 316 g/mol. The monoisotopic (exact) mass is 339 g/mol. The quantitative estimate of drug-likeness (QED) is 0.900. The van der Waals surface area contributed by atoms with Gasteiger partial charge in [-0.05, 0) is 25.1 Å². The lowest BCUT2D eigenvalue weighted by Gasteiger charge is -2.31. The number of halogens is 2. The van der Waals surface area contributed by atoms with Gasteiger partial charge in [-0.3, -0.25) is 9.69 Å². The number of benzene rings is 1. The molecule has 2 aliphatic rings. The average Bonchev–Trinajstić information content (AvgIpc) is 3.03. The molecule has 2 aliphatic heterocycles. The van der Waals surface area contributed by atoms with Gasteiger partial charge in [0.2, 0.25) is 0 Å². The molecule has 0 aliphatic carbocycles. The summed E-state index contributed by atoms with van der Waals surface area (Å²) in [6.07, 6.45) is 0.280. The molecule has 0 radical (unpaired) electrons. The third kappa shape index (κ3) is 3.84. The van der Waals surface area contributed by atoms with Crippen molar-refractivity contribution in [1.29, 1.82) is 0 Å². The smallest absolute Gasteiger partial charge is 0.250 e. The Morgan fingerprint density at radius 2 is 2.17 bits per heavy atom. The minimum absolute atomic E-state index is 0.0532. The van der Waals surface area contributed by atoms with Crippen LogP contribution in [0.1, 0.15) is 13.3 Å². The van der Waals surface area contributed by atoms with Crippen LogP contribution in [0.3, 0.4) is 0 Å². The van der Waals surface area contributed by atoms with E-state index in [4.69, 9.17) is 4.74 Å². The SMILES string of the molecule is CCN1CCO[C@H](C(=O)N[C@H]2CCN(c3ccc(F)cc3F)C2)C1. The molecule has 0 saturated carbocycles. The highest BCUT2D eigenvalue weighted by molar-refractivity contribution is 5.81. The van der Waals surface area contributed by atoms with Gasteiger partial charge in [-0.25, -0.2) is 8.78 Å². The van der Waals surface area contributed by atoms with E-state index in [1.807, 2.05) is 4.90 Å². The van der Waals surface area contributed by atoms with Gasteiger partial charge in [0, 0.05) is 38.3 Å². The number of rotatable bonds is 4. The zero-order valence-electron chi connectivity index (χ0n) is 13.8. The number of amides is 1. The van der Waals surface area contributed by atoms with Gasteiger partial charge in [0.15, 0.2) is 0 Å². The van der Waals surface area contributed by atoms with Crippen molar-refractivity contribution in [2.75, 3.05) is 44.2 Å². The number of carbonyl (C=O) groups is 1. The third-order valence-corrected chi connectivity index (χ3v) is 4.68. The van der Waals surface area contributed by atoms with E-state index in [2.05, 4.69) is 17.1 Å². The second kappa shape index (κ2) is 7.44. The van der Waals surface area contributed by atoms with Gasteiger partial charge in [0.05, 0.1) is 12.3 Å². The van der Waals surface area contributed by atoms with Crippen LogP contribution in [0.4, 0.5) is 14.5 Å². The summed E-state index contributed by atoms with van der Waals surface area (Å²) in [4.78, 5) is 16.4. The number of hydrogen-bond donors (Lipinski definition) is 1. The Labute approximate surface area is 140 Å². The van der Waals surface area contributed by atoms with Crippen molar-refractivity contribution in [2.45, 2.75) is 25.5 Å². The lowest BCUT2D eigenvalue weighted by atomic mass is 10.2. The molecule has 1 amide bonds. The number of nitrogens with zero attached hydrogens (tertiary/aromatic N) is 2. The Hall–Kier alpha value is -1.73. The maximum absolute atomic E-state index is 13.9. The summed E-state index contributed by atoms with van der Waals surface area (Å²) in [6, 6.07) is 3.52. The normalized spacial score (nSPS) is 25.0. The van der Waals surface area contributed by atoms with Gasteiger partial charge < -0.3 is 15.0 Å². The van der Waals surface area contributed by atoms with Gasteiger partial charge in [-0.2, -0.15) is 0 Å². The molecule has 24 heavy (non-hydrogen) atoms. The van der Waals surface area contributed by atoms with Crippen LogP contribution < -0.4 is 10.2 Å². The van der Waals surface area contributed by atoms with Gasteiger partial charge >= 0.3 is 0 Å². The van der Waals surface area contributed by atoms with E-state index >= 15 is 0 Å². The summed E-state index contributed by atoms with van der Waals surface area (Å²) in [6.45, 7) is 6.11. The molecule has 2 heterocycles. The van der Waals surface area contributed by atoms with Crippen LogP contribution in [0.2, 0.25) is 0 Å². The van der Waals surface area contributed by atoms with E-state index in [0.29, 0.717) is 31.9 Å². The molecule has 132 valence electrons. The number of carbonyl (C=O) groups excluding carboxylic acids is 1. The molecule has 5 nitrogen and oxygen atoms in total. The van der Waals surface area contributed by atoms with Crippen molar-refractivity contribution in [3.8, 4) is 0 Å². The van der Waals surface area contributed by atoms with Gasteiger partial charge in [0.25, 0.3) is 5.91 Å². The van der Waals surface area contributed by atoms with Gasteiger partial charge in [-0.15, -0.1) is 0 Å². The Morgan fingerprint density at radius 1 is 1.33 bits per heavy atom. The summed E-state index contributed by atoms with van der Waals surface area (Å²) in [5, 5.41) is 3.00. The first-order valence-corrected chi connectivity index (χ1v) is 8.41. The van der Waals surface area contributed by atoms with Crippen LogP contribution in [0.25, 0.3) is 0 Å². The Kier molecular flexibility index (Phi) is 5.30. The minimum atomic E-state index is -0.588. The molecule has 1 aromatic carbocycles. The Balaban J connectivity index is 1.55. The third-order valence-electron chi connectivity index (χ3n) is 4.68. The molecule has 2 fully saturated rings. The first-order chi connectivity index (χ1) is 11.6. The summed E-state index contributed by atoms with van der Waals surface area (Å²) < 4.78 is 32.4. The highest BCUT2D eigenvalue weighted by Crippen LogP contribution is 2.24. The fourth-order valence-electron chi connectivity index (χ4n) is 3.28. The van der Waals surface area contributed by atoms with Crippen molar-refractivity contribution in [3.63, 3.8) is 0 Å². The van der Waals surface area contributed by atoms with Gasteiger partial charge in [0.1, 0.15) is 17.7 Å². The minimum Gasteiger partial charge on any atom is -0.367 e. The van der Waals surface area contributed by atoms with E-state index in [0.717, 1.165) is 25.6 Å². The molecule has 0 spiro atoms. The van der Waals surface area contributed by atoms with Crippen molar-refractivity contribution >= 4 is 11.6 Å². The van der Waals surface area contributed by atoms with Crippen LogP contribution in [-0.4, -0.2) is 62.3 Å². The lowest BCUT2D eigenvalue weighted by molar-refractivity contribution is -0.139. The zero-order chi connectivity index (χ0) is 17.1. The fourth-order valence-corrected chi connectivity index (χ4v) is 3.28.